The lowest BCUT2D eigenvalue weighted by Crippen LogP contribution is -2.30. The number of para-hydroxylation sites is 2. The molecule has 4 aromatic carbocycles. The van der Waals surface area contributed by atoms with E-state index < -0.39 is 0 Å². The molecule has 0 spiro atoms. The maximum atomic E-state index is 13.7. The maximum Gasteiger partial charge on any atom is 0.223 e. The minimum atomic E-state index is -0.142. The van der Waals surface area contributed by atoms with Crippen molar-refractivity contribution in [3.05, 3.63) is 120 Å². The topological polar surface area (TPSA) is 52.9 Å². The highest BCUT2D eigenvalue weighted by atomic mass is 16.5. The Morgan fingerprint density at radius 2 is 1.56 bits per heavy atom. The smallest absolute Gasteiger partial charge is 0.223 e. The number of aryl methyl sites for hydroxylation is 1. The third-order valence-corrected chi connectivity index (χ3v) is 7.53. The summed E-state index contributed by atoms with van der Waals surface area (Å²) in [5, 5.41) is 1.15. The highest BCUT2D eigenvalue weighted by Crippen LogP contribution is 2.37. The fourth-order valence-corrected chi connectivity index (χ4v) is 5.27. The number of benzene rings is 4. The summed E-state index contributed by atoms with van der Waals surface area (Å²) in [6, 6.07) is 32.0. The molecule has 6 heteroatoms. The van der Waals surface area contributed by atoms with Gasteiger partial charge in [-0.3, -0.25) is 4.79 Å². The molecule has 0 radical (unpaired) electrons. The number of methoxy groups -OCH3 is 2. The van der Waals surface area contributed by atoms with Crippen LogP contribution in [0.4, 0.5) is 0 Å². The van der Waals surface area contributed by atoms with Gasteiger partial charge < -0.3 is 23.7 Å². The van der Waals surface area contributed by atoms with Crippen LogP contribution in [0.25, 0.3) is 10.9 Å². The molecule has 1 unspecified atom stereocenters. The largest absolute Gasteiger partial charge is 0.493 e. The molecule has 0 fully saturated rings. The third kappa shape index (κ3) is 6.38. The Labute approximate surface area is 241 Å². The summed E-state index contributed by atoms with van der Waals surface area (Å²) in [6.45, 7) is 0.591. The van der Waals surface area contributed by atoms with Gasteiger partial charge in [0, 0.05) is 50.1 Å². The van der Waals surface area contributed by atoms with Crippen LogP contribution in [0.2, 0.25) is 0 Å². The summed E-state index contributed by atoms with van der Waals surface area (Å²) in [4.78, 5) is 15.5. The summed E-state index contributed by atoms with van der Waals surface area (Å²) in [7, 11) is 7.18. The summed E-state index contributed by atoms with van der Waals surface area (Å²) in [6.07, 6.45) is 3.20. The minimum Gasteiger partial charge on any atom is -0.493 e. The summed E-state index contributed by atoms with van der Waals surface area (Å²) in [5.41, 5.74) is 4.38. The summed E-state index contributed by atoms with van der Waals surface area (Å²) >= 11 is 0. The Hall–Kier alpha value is -4.71. The monoisotopic (exact) mass is 548 g/mol. The van der Waals surface area contributed by atoms with Crippen LogP contribution in [-0.2, 0) is 18.3 Å². The third-order valence-electron chi connectivity index (χ3n) is 7.53. The molecule has 0 N–H and O–H groups in total. The first-order valence-corrected chi connectivity index (χ1v) is 13.8. The second-order valence-electron chi connectivity index (χ2n) is 10.2. The van der Waals surface area contributed by atoms with Crippen LogP contribution >= 0.6 is 0 Å². The zero-order valence-electron chi connectivity index (χ0n) is 24.0. The number of ether oxygens (including phenoxy) is 3. The van der Waals surface area contributed by atoms with E-state index in [0.717, 1.165) is 39.1 Å². The Morgan fingerprint density at radius 3 is 2.34 bits per heavy atom. The molecule has 210 valence electrons. The van der Waals surface area contributed by atoms with E-state index in [-0.39, 0.29) is 11.8 Å². The molecular formula is C35H36N2O4. The lowest BCUT2D eigenvalue weighted by molar-refractivity contribution is -0.130. The molecule has 0 bridgehead atoms. The number of likely N-dealkylation sites (N-methyl/N-ethyl adjacent to an activating group) is 1. The molecule has 0 aliphatic carbocycles. The predicted molar refractivity (Wildman–Crippen MR) is 163 cm³/mol. The SMILES string of the molecule is COc1ccc(CCN(C)C(=O)CC(c2cccc(Oc3ccccc3)c2)c2cn(C)c3ccccc23)cc1OC. The molecule has 41 heavy (non-hydrogen) atoms. The fraction of sp³-hybridized carbons (Fsp3) is 0.229. The number of carbonyl (C=O) groups is 1. The molecule has 1 amide bonds. The second-order valence-corrected chi connectivity index (χ2v) is 10.2. The number of hydrogen-bond acceptors (Lipinski definition) is 4. The Kier molecular flexibility index (Phi) is 8.59. The Morgan fingerprint density at radius 1 is 0.829 bits per heavy atom. The quantitative estimate of drug-likeness (QED) is 0.175. The van der Waals surface area contributed by atoms with Crippen molar-refractivity contribution < 1.29 is 19.0 Å². The normalized spacial score (nSPS) is 11.7. The van der Waals surface area contributed by atoms with Crippen LogP contribution in [0.3, 0.4) is 0 Å². The van der Waals surface area contributed by atoms with Crippen molar-refractivity contribution in [1.82, 2.24) is 9.47 Å². The van der Waals surface area contributed by atoms with Crippen molar-refractivity contribution in [2.45, 2.75) is 18.8 Å². The van der Waals surface area contributed by atoms with Crippen LogP contribution in [0.5, 0.6) is 23.0 Å². The van der Waals surface area contributed by atoms with Gasteiger partial charge in [-0.2, -0.15) is 0 Å². The van der Waals surface area contributed by atoms with E-state index in [9.17, 15) is 4.79 Å². The van der Waals surface area contributed by atoms with Gasteiger partial charge in [-0.05, 0) is 65.6 Å². The number of amides is 1. The number of rotatable bonds is 11. The number of fused-ring (bicyclic) bond motifs is 1. The molecule has 0 saturated heterocycles. The Balaban J connectivity index is 1.40. The first-order chi connectivity index (χ1) is 20.0. The van der Waals surface area contributed by atoms with Crippen molar-refractivity contribution in [3.63, 3.8) is 0 Å². The van der Waals surface area contributed by atoms with E-state index >= 15 is 0 Å². The van der Waals surface area contributed by atoms with Crippen LogP contribution < -0.4 is 14.2 Å². The van der Waals surface area contributed by atoms with Crippen molar-refractivity contribution in [2.24, 2.45) is 7.05 Å². The molecule has 0 aliphatic rings. The number of carbonyl (C=O) groups excluding carboxylic acids is 1. The summed E-state index contributed by atoms with van der Waals surface area (Å²) in [5.74, 6) is 2.84. The number of nitrogens with zero attached hydrogens (tertiary/aromatic N) is 2. The fourth-order valence-electron chi connectivity index (χ4n) is 5.27. The van der Waals surface area contributed by atoms with Gasteiger partial charge in [0.15, 0.2) is 11.5 Å². The van der Waals surface area contributed by atoms with E-state index in [2.05, 4.69) is 48.1 Å². The van der Waals surface area contributed by atoms with Crippen molar-refractivity contribution in [2.75, 3.05) is 27.8 Å². The summed E-state index contributed by atoms with van der Waals surface area (Å²) < 4.78 is 19.1. The van der Waals surface area contributed by atoms with Crippen molar-refractivity contribution >= 4 is 16.8 Å². The molecule has 0 saturated carbocycles. The van der Waals surface area contributed by atoms with Crippen molar-refractivity contribution in [1.29, 1.82) is 0 Å². The van der Waals surface area contributed by atoms with E-state index in [0.29, 0.717) is 30.9 Å². The van der Waals surface area contributed by atoms with Gasteiger partial charge in [-0.15, -0.1) is 0 Å². The first-order valence-electron chi connectivity index (χ1n) is 13.8. The zero-order chi connectivity index (χ0) is 28.8. The van der Waals surface area contributed by atoms with Crippen LogP contribution in [0.15, 0.2) is 103 Å². The van der Waals surface area contributed by atoms with Gasteiger partial charge >= 0.3 is 0 Å². The van der Waals surface area contributed by atoms with E-state index in [1.807, 2.05) is 78.7 Å². The van der Waals surface area contributed by atoms with Gasteiger partial charge in [0.2, 0.25) is 5.91 Å². The molecular weight excluding hydrogens is 512 g/mol. The maximum absolute atomic E-state index is 13.7. The molecule has 1 aromatic heterocycles. The standard InChI is InChI=1S/C35H36N2O4/c1-36(20-19-25-17-18-33(39-3)34(21-25)40-4)35(38)23-30(31-24-37(2)32-16-9-8-15-29(31)32)26-11-10-14-28(22-26)41-27-12-6-5-7-13-27/h5-18,21-22,24,30H,19-20,23H2,1-4H3. The van der Waals surface area contributed by atoms with E-state index in [1.54, 1.807) is 14.2 Å². The minimum absolute atomic E-state index is 0.0813. The van der Waals surface area contributed by atoms with Crippen LogP contribution in [0.1, 0.15) is 29.0 Å². The molecule has 1 atom stereocenters. The van der Waals surface area contributed by atoms with E-state index in [1.165, 1.54) is 0 Å². The zero-order valence-corrected chi connectivity index (χ0v) is 24.0. The van der Waals surface area contributed by atoms with Crippen molar-refractivity contribution in [3.8, 4) is 23.0 Å². The second kappa shape index (κ2) is 12.6. The molecule has 5 aromatic rings. The lowest BCUT2D eigenvalue weighted by Gasteiger charge is -2.23. The molecule has 5 rings (SSSR count). The first kappa shape index (κ1) is 27.8. The molecule has 6 nitrogen and oxygen atoms in total. The lowest BCUT2D eigenvalue weighted by atomic mass is 9.87. The number of aromatic nitrogens is 1. The Bertz CT molecular complexity index is 1630. The van der Waals surface area contributed by atoms with Gasteiger partial charge in [0.05, 0.1) is 14.2 Å². The predicted octanol–water partition coefficient (Wildman–Crippen LogP) is 7.21. The average Bonchev–Trinajstić information content (AvgIpc) is 3.34. The highest BCUT2D eigenvalue weighted by molar-refractivity contribution is 5.86. The average molecular weight is 549 g/mol. The van der Waals surface area contributed by atoms with E-state index in [4.69, 9.17) is 14.2 Å². The van der Waals surface area contributed by atoms with Crippen LogP contribution in [0, 0.1) is 0 Å². The molecule has 0 aliphatic heterocycles. The van der Waals surface area contributed by atoms with Gasteiger partial charge in [-0.25, -0.2) is 0 Å². The van der Waals surface area contributed by atoms with Gasteiger partial charge in [0.1, 0.15) is 11.5 Å². The van der Waals surface area contributed by atoms with Crippen LogP contribution in [-0.4, -0.2) is 43.2 Å². The van der Waals surface area contributed by atoms with Gasteiger partial charge in [0.25, 0.3) is 0 Å². The highest BCUT2D eigenvalue weighted by Gasteiger charge is 2.24. The number of hydrogen-bond donors (Lipinski definition) is 0. The molecule has 1 heterocycles. The van der Waals surface area contributed by atoms with Gasteiger partial charge in [-0.1, -0.05) is 54.6 Å².